The molecular weight excluding hydrogens is 222 g/mol. The minimum atomic E-state index is -1.23. The Morgan fingerprint density at radius 3 is 2.29 bits per heavy atom. The number of aromatic carboxylic acids is 2. The second kappa shape index (κ2) is 3.79. The summed E-state index contributed by atoms with van der Waals surface area (Å²) in [6.45, 7) is 0. The van der Waals surface area contributed by atoms with Crippen LogP contribution in [0.2, 0.25) is 0 Å². The monoisotopic (exact) mass is 231 g/mol. The van der Waals surface area contributed by atoms with Crippen molar-refractivity contribution >= 4 is 28.4 Å². The van der Waals surface area contributed by atoms with Crippen molar-refractivity contribution in [2.45, 2.75) is 0 Å². The predicted molar refractivity (Wildman–Crippen MR) is 62.3 cm³/mol. The highest BCUT2D eigenvalue weighted by Gasteiger charge is 2.18. The molecule has 0 saturated carbocycles. The van der Waals surface area contributed by atoms with Crippen molar-refractivity contribution in [3.8, 4) is 0 Å². The van der Waals surface area contributed by atoms with E-state index < -0.39 is 11.9 Å². The summed E-state index contributed by atoms with van der Waals surface area (Å²) >= 11 is 0. The molecule has 2 aromatic carbocycles. The van der Waals surface area contributed by atoms with Crippen molar-refractivity contribution in [3.05, 3.63) is 41.5 Å². The summed E-state index contributed by atoms with van der Waals surface area (Å²) in [5, 5.41) is 18.8. The summed E-state index contributed by atoms with van der Waals surface area (Å²) in [5.41, 5.74) is 5.41. The lowest BCUT2D eigenvalue weighted by atomic mass is 9.98. The summed E-state index contributed by atoms with van der Waals surface area (Å²) in [4.78, 5) is 22.2. The lowest BCUT2D eigenvalue weighted by Crippen LogP contribution is -2.07. The maximum atomic E-state index is 11.1. The molecule has 2 rings (SSSR count). The summed E-state index contributed by atoms with van der Waals surface area (Å²) in [7, 11) is 0. The molecular formula is C12H9NO4. The van der Waals surface area contributed by atoms with Gasteiger partial charge in [0.25, 0.3) is 0 Å². The number of nitrogens with two attached hydrogens (primary N) is 1. The lowest BCUT2D eigenvalue weighted by molar-refractivity contribution is 0.0695. The van der Waals surface area contributed by atoms with Crippen LogP contribution < -0.4 is 5.73 Å². The molecule has 0 radical (unpaired) electrons. The van der Waals surface area contributed by atoms with Gasteiger partial charge in [-0.25, -0.2) is 9.59 Å². The van der Waals surface area contributed by atoms with Crippen molar-refractivity contribution in [2.24, 2.45) is 0 Å². The zero-order valence-electron chi connectivity index (χ0n) is 8.68. The van der Waals surface area contributed by atoms with E-state index in [4.69, 9.17) is 15.9 Å². The van der Waals surface area contributed by atoms with Gasteiger partial charge in [0.1, 0.15) is 0 Å². The largest absolute Gasteiger partial charge is 0.478 e. The first-order valence-corrected chi connectivity index (χ1v) is 4.80. The van der Waals surface area contributed by atoms with E-state index in [0.29, 0.717) is 5.39 Å². The van der Waals surface area contributed by atoms with Crippen LogP contribution in [0.3, 0.4) is 0 Å². The Morgan fingerprint density at radius 1 is 1.00 bits per heavy atom. The third kappa shape index (κ3) is 1.67. The molecule has 0 aliphatic rings. The second-order valence-electron chi connectivity index (χ2n) is 3.54. The number of carboxylic acids is 2. The van der Waals surface area contributed by atoms with Gasteiger partial charge in [0, 0.05) is 11.1 Å². The highest BCUT2D eigenvalue weighted by Crippen LogP contribution is 2.27. The average molecular weight is 231 g/mol. The van der Waals surface area contributed by atoms with Gasteiger partial charge in [0.15, 0.2) is 0 Å². The van der Waals surface area contributed by atoms with Crippen LogP contribution in [-0.4, -0.2) is 22.2 Å². The van der Waals surface area contributed by atoms with Gasteiger partial charge in [-0.2, -0.15) is 0 Å². The second-order valence-corrected chi connectivity index (χ2v) is 3.54. The molecule has 0 heterocycles. The Bertz CT molecular complexity index is 634. The van der Waals surface area contributed by atoms with Crippen LogP contribution in [0, 0.1) is 0 Å². The number of fused-ring (bicyclic) bond motifs is 1. The van der Waals surface area contributed by atoms with Crippen molar-refractivity contribution in [1.29, 1.82) is 0 Å². The molecule has 0 saturated heterocycles. The number of hydrogen-bond donors (Lipinski definition) is 3. The molecule has 0 unspecified atom stereocenters. The molecule has 17 heavy (non-hydrogen) atoms. The molecule has 0 atom stereocenters. The number of nitrogen functional groups attached to an aromatic ring is 1. The van der Waals surface area contributed by atoms with Gasteiger partial charge in [-0.3, -0.25) is 0 Å². The minimum absolute atomic E-state index is 0.0544. The molecule has 2 aromatic rings. The van der Waals surface area contributed by atoms with E-state index in [2.05, 4.69) is 0 Å². The first-order valence-electron chi connectivity index (χ1n) is 4.80. The standard InChI is InChI=1S/C12H9NO4/c13-8-5-4-6-2-1-3-7(11(14)15)9(6)10(8)12(16)17/h1-5H,13H2,(H,14,15)(H,16,17). The summed E-state index contributed by atoms with van der Waals surface area (Å²) in [6, 6.07) is 7.62. The van der Waals surface area contributed by atoms with Crippen LogP contribution in [-0.2, 0) is 0 Å². The Labute approximate surface area is 96.1 Å². The molecule has 4 N–H and O–H groups in total. The van der Waals surface area contributed by atoms with Gasteiger partial charge < -0.3 is 15.9 Å². The van der Waals surface area contributed by atoms with E-state index in [-0.39, 0.29) is 22.2 Å². The van der Waals surface area contributed by atoms with Gasteiger partial charge in [0.05, 0.1) is 11.1 Å². The molecule has 0 bridgehead atoms. The van der Waals surface area contributed by atoms with E-state index in [1.165, 1.54) is 12.1 Å². The number of anilines is 1. The number of hydrogen-bond acceptors (Lipinski definition) is 3. The Hall–Kier alpha value is -2.56. The van der Waals surface area contributed by atoms with Crippen molar-refractivity contribution in [2.75, 3.05) is 5.73 Å². The Balaban J connectivity index is 2.99. The quantitative estimate of drug-likeness (QED) is 0.684. The van der Waals surface area contributed by atoms with Crippen LogP contribution in [0.5, 0.6) is 0 Å². The van der Waals surface area contributed by atoms with Gasteiger partial charge in [-0.1, -0.05) is 18.2 Å². The maximum absolute atomic E-state index is 11.1. The van der Waals surface area contributed by atoms with Crippen LogP contribution in [0.15, 0.2) is 30.3 Å². The smallest absolute Gasteiger partial charge is 0.338 e. The molecule has 86 valence electrons. The fourth-order valence-corrected chi connectivity index (χ4v) is 1.80. The Morgan fingerprint density at radius 2 is 1.71 bits per heavy atom. The molecule has 5 nitrogen and oxygen atoms in total. The minimum Gasteiger partial charge on any atom is -0.478 e. The summed E-state index contributed by atoms with van der Waals surface area (Å²) in [6.07, 6.45) is 0. The van der Waals surface area contributed by atoms with Crippen molar-refractivity contribution in [3.63, 3.8) is 0 Å². The fourth-order valence-electron chi connectivity index (χ4n) is 1.80. The van der Waals surface area contributed by atoms with Gasteiger partial charge in [-0.15, -0.1) is 0 Å². The van der Waals surface area contributed by atoms with E-state index >= 15 is 0 Å². The highest BCUT2D eigenvalue weighted by molar-refractivity contribution is 6.15. The van der Waals surface area contributed by atoms with E-state index in [9.17, 15) is 9.59 Å². The fraction of sp³-hybridized carbons (Fsp3) is 0. The zero-order chi connectivity index (χ0) is 12.6. The van der Waals surface area contributed by atoms with Crippen LogP contribution in [0.25, 0.3) is 10.8 Å². The molecule has 0 fully saturated rings. The predicted octanol–water partition coefficient (Wildman–Crippen LogP) is 1.82. The van der Waals surface area contributed by atoms with Crippen LogP contribution in [0.4, 0.5) is 5.69 Å². The van der Waals surface area contributed by atoms with Gasteiger partial charge in [0.2, 0.25) is 0 Å². The number of benzene rings is 2. The highest BCUT2D eigenvalue weighted by atomic mass is 16.4. The SMILES string of the molecule is Nc1ccc2cccc(C(=O)O)c2c1C(=O)O. The normalized spacial score (nSPS) is 10.4. The molecule has 0 aromatic heterocycles. The lowest BCUT2D eigenvalue weighted by Gasteiger charge is -2.08. The molecule has 0 amide bonds. The molecule has 0 aliphatic carbocycles. The van der Waals surface area contributed by atoms with E-state index in [0.717, 1.165) is 0 Å². The first kappa shape index (κ1) is 10.9. The van der Waals surface area contributed by atoms with Crippen molar-refractivity contribution in [1.82, 2.24) is 0 Å². The average Bonchev–Trinajstić information content (AvgIpc) is 2.27. The molecule has 0 aliphatic heterocycles. The number of carbonyl (C=O) groups is 2. The zero-order valence-corrected chi connectivity index (χ0v) is 8.68. The van der Waals surface area contributed by atoms with Crippen molar-refractivity contribution < 1.29 is 19.8 Å². The van der Waals surface area contributed by atoms with Crippen LogP contribution >= 0.6 is 0 Å². The molecule has 0 spiro atoms. The van der Waals surface area contributed by atoms with Gasteiger partial charge in [-0.05, 0) is 17.5 Å². The number of rotatable bonds is 2. The third-order valence-electron chi connectivity index (χ3n) is 2.52. The summed E-state index contributed by atoms with van der Waals surface area (Å²) < 4.78 is 0. The third-order valence-corrected chi connectivity index (χ3v) is 2.52. The van der Waals surface area contributed by atoms with E-state index in [1.54, 1.807) is 18.2 Å². The topological polar surface area (TPSA) is 101 Å². The summed E-state index contributed by atoms with van der Waals surface area (Å²) in [5.74, 6) is -2.41. The van der Waals surface area contributed by atoms with E-state index in [1.807, 2.05) is 0 Å². The van der Waals surface area contributed by atoms with Gasteiger partial charge >= 0.3 is 11.9 Å². The number of carboxylic acid groups (broad SMARTS) is 2. The molecule has 5 heteroatoms. The first-order chi connectivity index (χ1) is 8.02. The Kier molecular flexibility index (Phi) is 2.44. The maximum Gasteiger partial charge on any atom is 0.338 e. The van der Waals surface area contributed by atoms with Crippen LogP contribution in [0.1, 0.15) is 20.7 Å².